The van der Waals surface area contributed by atoms with Crippen LogP contribution < -0.4 is 0 Å². The number of aliphatic hydroxyl groups excluding tert-OH is 2. The topological polar surface area (TPSA) is 50.3 Å². The van der Waals surface area contributed by atoms with Crippen LogP contribution in [0.2, 0.25) is 0 Å². The summed E-state index contributed by atoms with van der Waals surface area (Å²) in [5.41, 5.74) is 8.50. The maximum atomic E-state index is 11.9. The van der Waals surface area contributed by atoms with Crippen LogP contribution in [-0.2, 0) is 14.1 Å². The summed E-state index contributed by atoms with van der Waals surface area (Å²) in [7, 11) is 4.14. The van der Waals surface area contributed by atoms with E-state index in [9.17, 15) is 10.2 Å². The highest BCUT2D eigenvalue weighted by molar-refractivity contribution is 5.95. The fraction of sp³-hybridized carbons (Fsp3) is 0.176. The van der Waals surface area contributed by atoms with Crippen molar-refractivity contribution in [1.82, 2.24) is 9.13 Å². The van der Waals surface area contributed by atoms with Crippen LogP contribution in [0.5, 0.6) is 0 Å². The predicted molar refractivity (Wildman–Crippen MR) is 154 cm³/mol. The maximum Gasteiger partial charge on any atom is 0.0729 e. The van der Waals surface area contributed by atoms with E-state index < -0.39 is 24.0 Å². The summed E-state index contributed by atoms with van der Waals surface area (Å²) >= 11 is 0. The van der Waals surface area contributed by atoms with Crippen molar-refractivity contribution in [2.45, 2.75) is 24.0 Å². The molecule has 4 aromatic carbocycles. The zero-order chi connectivity index (χ0) is 26.0. The fourth-order valence-electron chi connectivity index (χ4n) is 6.80. The molecule has 0 unspecified atom stereocenters. The third kappa shape index (κ3) is 3.17. The monoisotopic (exact) mass is 498 g/mol. The van der Waals surface area contributed by atoms with Crippen LogP contribution in [-0.4, -0.2) is 31.6 Å². The third-order valence-electron chi connectivity index (χ3n) is 8.53. The molecule has 1 fully saturated rings. The van der Waals surface area contributed by atoms with E-state index in [2.05, 4.69) is 71.8 Å². The molecular weight excluding hydrogens is 468 g/mol. The first-order valence-corrected chi connectivity index (χ1v) is 13.2. The summed E-state index contributed by atoms with van der Waals surface area (Å²) in [6.07, 6.45) is -1.46. The number of hydrogen-bond acceptors (Lipinski definition) is 2. The number of aryl methyl sites for hydroxylation is 2. The van der Waals surface area contributed by atoms with Crippen molar-refractivity contribution < 1.29 is 10.2 Å². The molecule has 2 aromatic heterocycles. The first-order chi connectivity index (χ1) is 18.6. The van der Waals surface area contributed by atoms with Gasteiger partial charge in [0.25, 0.3) is 0 Å². The Balaban J connectivity index is 1.42. The standard InChI is InChI=1S/C34H30N2O2/c1-35-25-19-11-9-17-23(25)27(31(35)21-13-5-3-6-14-21)29-33(37)30(34(29)38)28-24-18-10-12-20-26(24)36(2)32(28)22-15-7-4-8-16-22/h3-20,29-30,33-34,37-38H,1-2H3. The molecule has 7 rings (SSSR count). The Hall–Kier alpha value is -4.12. The van der Waals surface area contributed by atoms with Crippen LogP contribution in [0.3, 0.4) is 0 Å². The molecule has 0 amide bonds. The van der Waals surface area contributed by atoms with Gasteiger partial charge in [0.1, 0.15) is 0 Å². The van der Waals surface area contributed by atoms with Crippen LogP contribution in [0.15, 0.2) is 109 Å². The minimum absolute atomic E-state index is 0.399. The van der Waals surface area contributed by atoms with E-state index in [1.165, 1.54) is 0 Å². The van der Waals surface area contributed by atoms with E-state index in [1.807, 2.05) is 60.7 Å². The summed E-state index contributed by atoms with van der Waals surface area (Å²) < 4.78 is 4.39. The van der Waals surface area contributed by atoms with Crippen LogP contribution in [0, 0.1) is 0 Å². The molecule has 1 saturated carbocycles. The molecule has 1 aliphatic carbocycles. The predicted octanol–water partition coefficient (Wildman–Crippen LogP) is 6.61. The van der Waals surface area contributed by atoms with Gasteiger partial charge in [-0.05, 0) is 34.4 Å². The molecule has 6 aromatic rings. The smallest absolute Gasteiger partial charge is 0.0729 e. The number of rotatable bonds is 4. The second kappa shape index (κ2) is 8.73. The first-order valence-electron chi connectivity index (χ1n) is 13.2. The maximum absolute atomic E-state index is 11.9. The van der Waals surface area contributed by atoms with Gasteiger partial charge in [-0.1, -0.05) is 97.1 Å². The third-order valence-corrected chi connectivity index (χ3v) is 8.53. The highest BCUT2D eigenvalue weighted by Gasteiger charge is 2.53. The van der Waals surface area contributed by atoms with Crippen LogP contribution >= 0.6 is 0 Å². The molecule has 0 bridgehead atoms. The molecule has 0 radical (unpaired) electrons. The second-order valence-corrected chi connectivity index (χ2v) is 10.4. The molecule has 1 aliphatic rings. The van der Waals surface area contributed by atoms with Crippen molar-refractivity contribution in [3.8, 4) is 22.5 Å². The van der Waals surface area contributed by atoms with Gasteiger partial charge in [-0.15, -0.1) is 0 Å². The summed E-state index contributed by atoms with van der Waals surface area (Å²) in [4.78, 5) is 0. The lowest BCUT2D eigenvalue weighted by atomic mass is 9.62. The van der Waals surface area contributed by atoms with Crippen LogP contribution in [0.1, 0.15) is 23.0 Å². The zero-order valence-electron chi connectivity index (χ0n) is 21.5. The van der Waals surface area contributed by atoms with Crippen molar-refractivity contribution >= 4 is 21.8 Å². The quantitative estimate of drug-likeness (QED) is 0.287. The van der Waals surface area contributed by atoms with Crippen molar-refractivity contribution in [1.29, 1.82) is 0 Å². The van der Waals surface area contributed by atoms with Crippen molar-refractivity contribution in [2.24, 2.45) is 14.1 Å². The average molecular weight is 499 g/mol. The first kappa shape index (κ1) is 23.0. The lowest BCUT2D eigenvalue weighted by Gasteiger charge is -2.47. The van der Waals surface area contributed by atoms with E-state index in [0.29, 0.717) is 0 Å². The summed E-state index contributed by atoms with van der Waals surface area (Å²) in [5, 5.41) is 26.1. The Labute approximate surface area is 222 Å². The zero-order valence-corrected chi connectivity index (χ0v) is 21.5. The Bertz CT molecular complexity index is 1640. The van der Waals surface area contributed by atoms with Gasteiger partial charge in [-0.2, -0.15) is 0 Å². The minimum atomic E-state index is -0.730. The number of aromatic nitrogens is 2. The van der Waals surface area contributed by atoms with Crippen molar-refractivity contribution in [3.63, 3.8) is 0 Å². The Morgan fingerprint density at radius 1 is 0.474 bits per heavy atom. The van der Waals surface area contributed by atoms with Gasteiger partial charge < -0.3 is 19.3 Å². The molecule has 0 spiro atoms. The van der Waals surface area contributed by atoms with Crippen molar-refractivity contribution in [2.75, 3.05) is 0 Å². The van der Waals surface area contributed by atoms with Crippen LogP contribution in [0.4, 0.5) is 0 Å². The normalized spacial score (nSPS) is 21.2. The lowest BCUT2D eigenvalue weighted by molar-refractivity contribution is -0.0772. The Morgan fingerprint density at radius 2 is 0.816 bits per heavy atom. The molecule has 2 N–H and O–H groups in total. The highest BCUT2D eigenvalue weighted by atomic mass is 16.3. The highest BCUT2D eigenvalue weighted by Crippen LogP contribution is 2.55. The Morgan fingerprint density at radius 3 is 1.21 bits per heavy atom. The van der Waals surface area contributed by atoms with E-state index in [0.717, 1.165) is 55.4 Å². The summed E-state index contributed by atoms with van der Waals surface area (Å²) in [6, 6.07) is 37.2. The number of hydrogen-bond donors (Lipinski definition) is 2. The molecule has 0 atom stereocenters. The van der Waals surface area contributed by atoms with Gasteiger partial charge in [0.05, 0.1) is 23.6 Å². The summed E-state index contributed by atoms with van der Waals surface area (Å²) in [6.45, 7) is 0. The molecule has 4 nitrogen and oxygen atoms in total. The number of aliphatic hydroxyl groups is 2. The molecule has 4 heteroatoms. The lowest BCUT2D eigenvalue weighted by Crippen LogP contribution is -2.52. The SMILES string of the molecule is Cn1c(-c2ccccc2)c(C2C(O)C(c3c(-c4ccccc4)n(C)c4ccccc34)C2O)c2ccccc21. The van der Waals surface area contributed by atoms with Crippen LogP contribution in [0.25, 0.3) is 44.3 Å². The number of para-hydroxylation sites is 2. The largest absolute Gasteiger partial charge is 0.392 e. The van der Waals surface area contributed by atoms with Gasteiger partial charge in [0.15, 0.2) is 0 Å². The van der Waals surface area contributed by atoms with E-state index >= 15 is 0 Å². The molecule has 0 aliphatic heterocycles. The molecule has 38 heavy (non-hydrogen) atoms. The Kier molecular flexibility index (Phi) is 5.29. The van der Waals surface area contributed by atoms with Gasteiger partial charge in [-0.3, -0.25) is 0 Å². The average Bonchev–Trinajstić information content (AvgIpc) is 3.41. The molecule has 2 heterocycles. The van der Waals surface area contributed by atoms with E-state index in [4.69, 9.17) is 0 Å². The van der Waals surface area contributed by atoms with Gasteiger partial charge in [0, 0.05) is 47.7 Å². The number of nitrogens with zero attached hydrogens (tertiary/aromatic N) is 2. The molecule has 0 saturated heterocycles. The summed E-state index contributed by atoms with van der Waals surface area (Å²) in [5.74, 6) is -0.798. The van der Waals surface area contributed by atoms with Gasteiger partial charge in [0.2, 0.25) is 0 Å². The fourth-order valence-corrected chi connectivity index (χ4v) is 6.80. The number of fused-ring (bicyclic) bond motifs is 2. The van der Waals surface area contributed by atoms with E-state index in [1.54, 1.807) is 0 Å². The molecule has 188 valence electrons. The minimum Gasteiger partial charge on any atom is -0.392 e. The van der Waals surface area contributed by atoms with Gasteiger partial charge in [-0.25, -0.2) is 0 Å². The second-order valence-electron chi connectivity index (χ2n) is 10.4. The number of benzene rings is 4. The van der Waals surface area contributed by atoms with Crippen molar-refractivity contribution in [3.05, 3.63) is 120 Å². The van der Waals surface area contributed by atoms with Gasteiger partial charge >= 0.3 is 0 Å². The molecular formula is C34H30N2O2. The van der Waals surface area contributed by atoms with E-state index in [-0.39, 0.29) is 0 Å².